The smallest absolute Gasteiger partial charge is 0.264 e. The van der Waals surface area contributed by atoms with Gasteiger partial charge in [0.05, 0.1) is 32.0 Å². The minimum absolute atomic E-state index is 0.209. The van der Waals surface area contributed by atoms with Crippen LogP contribution in [0.2, 0.25) is 0 Å². The summed E-state index contributed by atoms with van der Waals surface area (Å²) in [5.74, 6) is 2.76. The van der Waals surface area contributed by atoms with Crippen molar-refractivity contribution in [3.8, 4) is 28.7 Å². The maximum absolute atomic E-state index is 13.9. The number of nitrogens with zero attached hydrogens (tertiary/aromatic N) is 3. The first kappa shape index (κ1) is 24.1. The number of nitrogen functional groups attached to an aromatic ring is 1. The molecule has 0 fully saturated rings. The lowest BCUT2D eigenvalue weighted by Crippen LogP contribution is -2.22. The summed E-state index contributed by atoms with van der Waals surface area (Å²) in [6.07, 6.45) is 0. The highest BCUT2D eigenvalue weighted by molar-refractivity contribution is 6.07. The van der Waals surface area contributed by atoms with Gasteiger partial charge in [-0.15, -0.1) is 0 Å². The molecule has 6 aromatic rings. The summed E-state index contributed by atoms with van der Waals surface area (Å²) in [5.41, 5.74) is 9.34. The molecular formula is C31H26N4O4. The van der Waals surface area contributed by atoms with Crippen molar-refractivity contribution in [2.24, 2.45) is 0 Å². The van der Waals surface area contributed by atoms with Gasteiger partial charge in [0.25, 0.3) is 5.56 Å². The first-order valence-corrected chi connectivity index (χ1v) is 12.4. The lowest BCUT2D eigenvalue weighted by Gasteiger charge is -2.12. The molecule has 8 nitrogen and oxygen atoms in total. The Hall–Kier alpha value is -5.24. The van der Waals surface area contributed by atoms with Crippen LogP contribution in [0.15, 0.2) is 102 Å². The van der Waals surface area contributed by atoms with Crippen molar-refractivity contribution in [1.82, 2.24) is 14.3 Å². The summed E-state index contributed by atoms with van der Waals surface area (Å²) in [6, 6.07) is 30.3. The molecule has 0 spiro atoms. The number of fused-ring (bicyclic) bond motifs is 3. The summed E-state index contributed by atoms with van der Waals surface area (Å²) in [4.78, 5) is 13.9. The van der Waals surface area contributed by atoms with E-state index in [2.05, 4.69) is 0 Å². The number of hydrogen-bond donors (Lipinski definition) is 1. The maximum atomic E-state index is 13.9. The van der Waals surface area contributed by atoms with E-state index in [0.29, 0.717) is 40.4 Å². The number of benzene rings is 4. The van der Waals surface area contributed by atoms with Gasteiger partial charge >= 0.3 is 0 Å². The third kappa shape index (κ3) is 4.31. The average molecular weight is 519 g/mol. The number of aromatic nitrogens is 3. The molecule has 8 heteroatoms. The third-order valence-electron chi connectivity index (χ3n) is 6.69. The molecular weight excluding hydrogens is 492 g/mol. The molecule has 194 valence electrons. The number of para-hydroxylation sites is 2. The van der Waals surface area contributed by atoms with Crippen molar-refractivity contribution >= 4 is 27.6 Å². The van der Waals surface area contributed by atoms with Gasteiger partial charge in [0, 0.05) is 11.5 Å². The van der Waals surface area contributed by atoms with Gasteiger partial charge in [-0.3, -0.25) is 4.79 Å². The number of rotatable bonds is 7. The number of nitrogens with two attached hydrogens (primary N) is 1. The molecule has 0 aliphatic rings. The monoisotopic (exact) mass is 518 g/mol. The van der Waals surface area contributed by atoms with Crippen LogP contribution in [-0.4, -0.2) is 28.6 Å². The topological polar surface area (TPSA) is 93.5 Å². The molecule has 0 radical (unpaired) electrons. The number of pyridine rings is 1. The number of methoxy groups -OCH3 is 2. The maximum Gasteiger partial charge on any atom is 0.264 e. The van der Waals surface area contributed by atoms with E-state index >= 15 is 0 Å². The quantitative estimate of drug-likeness (QED) is 0.288. The highest BCUT2D eigenvalue weighted by Crippen LogP contribution is 2.35. The van der Waals surface area contributed by atoms with Crippen LogP contribution in [0.4, 0.5) is 5.82 Å². The van der Waals surface area contributed by atoms with Gasteiger partial charge in [-0.05, 0) is 48.0 Å². The zero-order valence-electron chi connectivity index (χ0n) is 21.5. The Labute approximate surface area is 224 Å². The van der Waals surface area contributed by atoms with Crippen LogP contribution in [0.5, 0.6) is 23.0 Å². The molecule has 2 aromatic heterocycles. The molecule has 2 N–H and O–H groups in total. The molecule has 2 heterocycles. The van der Waals surface area contributed by atoms with Gasteiger partial charge in [-0.1, -0.05) is 48.5 Å². The van der Waals surface area contributed by atoms with Crippen LogP contribution in [-0.2, 0) is 6.54 Å². The molecule has 0 bridgehead atoms. The van der Waals surface area contributed by atoms with Crippen molar-refractivity contribution in [3.05, 3.63) is 113 Å². The first-order chi connectivity index (χ1) is 19.1. The Balaban J connectivity index is 1.48. The highest BCUT2D eigenvalue weighted by Gasteiger charge is 2.20. The minimum atomic E-state index is -0.209. The molecule has 6 rings (SSSR count). The van der Waals surface area contributed by atoms with Gasteiger partial charge < -0.3 is 24.5 Å². The lowest BCUT2D eigenvalue weighted by molar-refractivity contribution is 0.378. The summed E-state index contributed by atoms with van der Waals surface area (Å²) in [6.45, 7) is 0.378. The van der Waals surface area contributed by atoms with E-state index in [0.717, 1.165) is 22.2 Å². The summed E-state index contributed by atoms with van der Waals surface area (Å²) in [7, 11) is 3.20. The Morgan fingerprint density at radius 3 is 2.28 bits per heavy atom. The van der Waals surface area contributed by atoms with Crippen molar-refractivity contribution < 1.29 is 14.2 Å². The van der Waals surface area contributed by atoms with Crippen LogP contribution in [0, 0.1) is 0 Å². The van der Waals surface area contributed by atoms with Crippen molar-refractivity contribution in [1.29, 1.82) is 0 Å². The van der Waals surface area contributed by atoms with Gasteiger partial charge in [0.2, 0.25) is 0 Å². The molecule has 39 heavy (non-hydrogen) atoms. The zero-order valence-corrected chi connectivity index (χ0v) is 21.5. The fourth-order valence-electron chi connectivity index (χ4n) is 4.74. The third-order valence-corrected chi connectivity index (χ3v) is 6.69. The zero-order chi connectivity index (χ0) is 26.9. The van der Waals surface area contributed by atoms with Gasteiger partial charge in [-0.25, -0.2) is 4.68 Å². The van der Waals surface area contributed by atoms with E-state index in [1.165, 1.54) is 0 Å². The van der Waals surface area contributed by atoms with Gasteiger partial charge in [-0.2, -0.15) is 5.10 Å². The molecule has 0 aliphatic heterocycles. The van der Waals surface area contributed by atoms with Crippen molar-refractivity contribution in [2.75, 3.05) is 20.0 Å². The molecule has 0 atom stereocenters. The van der Waals surface area contributed by atoms with E-state index in [9.17, 15) is 4.79 Å². The molecule has 4 aromatic carbocycles. The van der Waals surface area contributed by atoms with Crippen molar-refractivity contribution in [2.45, 2.75) is 6.54 Å². The van der Waals surface area contributed by atoms with E-state index in [-0.39, 0.29) is 11.4 Å². The average Bonchev–Trinajstić information content (AvgIpc) is 3.33. The predicted octanol–water partition coefficient (Wildman–Crippen LogP) is 5.78. The second-order valence-corrected chi connectivity index (χ2v) is 9.03. The second-order valence-electron chi connectivity index (χ2n) is 9.03. The predicted molar refractivity (Wildman–Crippen MR) is 152 cm³/mol. The molecule has 0 amide bonds. The summed E-state index contributed by atoms with van der Waals surface area (Å²) < 4.78 is 20.2. The van der Waals surface area contributed by atoms with E-state index in [4.69, 9.17) is 25.0 Å². The first-order valence-electron chi connectivity index (χ1n) is 12.4. The van der Waals surface area contributed by atoms with Crippen LogP contribution in [0.25, 0.3) is 27.5 Å². The SMILES string of the molecule is COc1ccc(Cn2c(=O)c3c(N)n(-c4ccc(Oc5ccccc5)c(OC)c4)nc3c3ccccc32)cc1. The van der Waals surface area contributed by atoms with Gasteiger partial charge in [0.15, 0.2) is 11.5 Å². The van der Waals surface area contributed by atoms with Gasteiger partial charge in [0.1, 0.15) is 28.2 Å². The number of hydrogen-bond acceptors (Lipinski definition) is 6. The van der Waals surface area contributed by atoms with Crippen molar-refractivity contribution in [3.63, 3.8) is 0 Å². The van der Waals surface area contributed by atoms with Crippen LogP contribution in [0.3, 0.4) is 0 Å². The molecule has 0 unspecified atom stereocenters. The Bertz CT molecular complexity index is 1860. The standard InChI is InChI=1S/C31H26N4O4/c1-37-22-15-12-20(13-16-22)19-34-25-11-7-6-10-24(25)29-28(31(34)36)30(32)35(33-29)21-14-17-26(27(18-21)38-2)39-23-8-4-3-5-9-23/h3-18H,19,32H2,1-2H3. The second kappa shape index (κ2) is 9.90. The van der Waals surface area contributed by atoms with E-state index < -0.39 is 0 Å². The summed E-state index contributed by atoms with van der Waals surface area (Å²) in [5, 5.41) is 6.00. The molecule has 0 saturated carbocycles. The normalized spacial score (nSPS) is 11.1. The van der Waals surface area contributed by atoms with Crippen LogP contribution in [0.1, 0.15) is 5.56 Å². The molecule has 0 saturated heterocycles. The lowest BCUT2D eigenvalue weighted by atomic mass is 10.1. The number of ether oxygens (including phenoxy) is 3. The fourth-order valence-corrected chi connectivity index (χ4v) is 4.74. The summed E-state index contributed by atoms with van der Waals surface area (Å²) >= 11 is 0. The fraction of sp³-hybridized carbons (Fsp3) is 0.0968. The minimum Gasteiger partial charge on any atom is -0.497 e. The van der Waals surface area contributed by atoms with E-state index in [1.54, 1.807) is 35.6 Å². The largest absolute Gasteiger partial charge is 0.497 e. The van der Waals surface area contributed by atoms with Crippen LogP contribution < -0.4 is 25.5 Å². The molecule has 0 aliphatic carbocycles. The Morgan fingerprint density at radius 2 is 1.54 bits per heavy atom. The Morgan fingerprint density at radius 1 is 0.795 bits per heavy atom. The van der Waals surface area contributed by atoms with Crippen LogP contribution >= 0.6 is 0 Å². The van der Waals surface area contributed by atoms with E-state index in [1.807, 2.05) is 84.9 Å². The Kier molecular flexibility index (Phi) is 6.13. The number of anilines is 1. The highest BCUT2D eigenvalue weighted by atomic mass is 16.5.